The van der Waals surface area contributed by atoms with Crippen molar-refractivity contribution in [1.82, 2.24) is 0 Å². The Morgan fingerprint density at radius 3 is 1.89 bits per heavy atom. The number of halogens is 2. The van der Waals surface area contributed by atoms with Crippen LogP contribution in [0.1, 0.15) is 0 Å². The lowest BCUT2D eigenvalue weighted by molar-refractivity contribution is 0.467. The second-order valence-corrected chi connectivity index (χ2v) is 3.89. The Labute approximate surface area is 80.7 Å². The molecule has 0 bridgehead atoms. The van der Waals surface area contributed by atoms with E-state index in [9.17, 15) is 5.11 Å². The maximum atomic E-state index is 9.19. The van der Waals surface area contributed by atoms with Crippen molar-refractivity contribution >= 4 is 45.2 Å². The molecule has 3 heteroatoms. The van der Waals surface area contributed by atoms with Gasteiger partial charge in [0.05, 0.1) is 7.14 Å². The molecule has 0 heterocycles. The average molecular weight is 346 g/mol. The fraction of sp³-hybridized carbons (Fsp3) is 0. The first-order chi connectivity index (χ1) is 4.22. The SMILES string of the molecule is Oc1c(I)cccc1I. The van der Waals surface area contributed by atoms with E-state index in [4.69, 9.17) is 0 Å². The predicted molar refractivity (Wildman–Crippen MR) is 53.5 cm³/mol. The van der Waals surface area contributed by atoms with Crippen LogP contribution in [-0.4, -0.2) is 5.11 Å². The monoisotopic (exact) mass is 346 g/mol. The Bertz CT molecular complexity index is 202. The molecule has 1 nitrogen and oxygen atoms in total. The number of benzene rings is 1. The van der Waals surface area contributed by atoms with Gasteiger partial charge in [-0.25, -0.2) is 0 Å². The number of aromatic hydroxyl groups is 1. The zero-order chi connectivity index (χ0) is 6.85. The van der Waals surface area contributed by atoms with Gasteiger partial charge in [-0.2, -0.15) is 0 Å². The second kappa shape index (κ2) is 3.05. The highest BCUT2D eigenvalue weighted by molar-refractivity contribution is 14.1. The molecule has 1 aromatic rings. The average Bonchev–Trinajstić information content (AvgIpc) is 1.83. The summed E-state index contributed by atoms with van der Waals surface area (Å²) >= 11 is 4.19. The van der Waals surface area contributed by atoms with Gasteiger partial charge >= 0.3 is 0 Å². The minimum absolute atomic E-state index is 0.388. The van der Waals surface area contributed by atoms with E-state index in [0.717, 1.165) is 7.14 Å². The predicted octanol–water partition coefficient (Wildman–Crippen LogP) is 2.60. The molecule has 9 heavy (non-hydrogen) atoms. The number of rotatable bonds is 0. The highest BCUT2D eigenvalue weighted by atomic mass is 127. The van der Waals surface area contributed by atoms with Gasteiger partial charge in [0, 0.05) is 0 Å². The number of hydrogen-bond donors (Lipinski definition) is 1. The Balaban J connectivity index is 3.25. The standard InChI is InChI=1S/C6H4I2O/c7-4-2-1-3-5(8)6(4)9/h1-3,9H. The van der Waals surface area contributed by atoms with Gasteiger partial charge in [-0.15, -0.1) is 0 Å². The van der Waals surface area contributed by atoms with Crippen LogP contribution in [0.3, 0.4) is 0 Å². The number of phenols is 1. The Hall–Kier alpha value is 0.480. The van der Waals surface area contributed by atoms with Crippen molar-refractivity contribution in [3.63, 3.8) is 0 Å². The van der Waals surface area contributed by atoms with Gasteiger partial charge in [-0.3, -0.25) is 0 Å². The van der Waals surface area contributed by atoms with Crippen molar-refractivity contribution in [2.45, 2.75) is 0 Å². The smallest absolute Gasteiger partial charge is 0.142 e. The summed E-state index contributed by atoms with van der Waals surface area (Å²) in [6.45, 7) is 0. The van der Waals surface area contributed by atoms with E-state index < -0.39 is 0 Å². The van der Waals surface area contributed by atoms with Crippen molar-refractivity contribution in [2.75, 3.05) is 0 Å². The molecule has 1 N–H and O–H groups in total. The van der Waals surface area contributed by atoms with Crippen molar-refractivity contribution < 1.29 is 5.11 Å². The van der Waals surface area contributed by atoms with E-state index >= 15 is 0 Å². The lowest BCUT2D eigenvalue weighted by atomic mass is 10.3. The molecule has 0 saturated carbocycles. The largest absolute Gasteiger partial charge is 0.506 e. The maximum absolute atomic E-state index is 9.19. The van der Waals surface area contributed by atoms with Crippen LogP contribution in [0, 0.1) is 7.14 Å². The fourth-order valence-corrected chi connectivity index (χ4v) is 2.00. The first-order valence-electron chi connectivity index (χ1n) is 2.35. The first kappa shape index (κ1) is 7.59. The molecule has 0 aromatic heterocycles. The summed E-state index contributed by atoms with van der Waals surface area (Å²) in [5.41, 5.74) is 0. The van der Waals surface area contributed by atoms with Gasteiger partial charge in [0.25, 0.3) is 0 Å². The summed E-state index contributed by atoms with van der Waals surface area (Å²) in [7, 11) is 0. The summed E-state index contributed by atoms with van der Waals surface area (Å²) in [6.07, 6.45) is 0. The molecule has 0 aliphatic carbocycles. The van der Waals surface area contributed by atoms with Crippen LogP contribution in [0.15, 0.2) is 18.2 Å². The highest BCUT2D eigenvalue weighted by Crippen LogP contribution is 2.24. The van der Waals surface area contributed by atoms with Crippen molar-refractivity contribution in [3.8, 4) is 5.75 Å². The number of para-hydroxylation sites is 1. The van der Waals surface area contributed by atoms with Gasteiger partial charge in [-0.1, -0.05) is 6.07 Å². The number of phenolic OH excluding ortho intramolecular Hbond substituents is 1. The van der Waals surface area contributed by atoms with Gasteiger partial charge < -0.3 is 5.11 Å². The van der Waals surface area contributed by atoms with Crippen LogP contribution in [-0.2, 0) is 0 Å². The summed E-state index contributed by atoms with van der Waals surface area (Å²) in [5.74, 6) is 0.388. The molecule has 0 spiro atoms. The maximum Gasteiger partial charge on any atom is 0.142 e. The lowest BCUT2D eigenvalue weighted by Crippen LogP contribution is -1.75. The third-order valence-corrected chi connectivity index (χ3v) is 2.68. The van der Waals surface area contributed by atoms with Crippen molar-refractivity contribution in [3.05, 3.63) is 25.3 Å². The third kappa shape index (κ3) is 1.70. The van der Waals surface area contributed by atoms with Crippen LogP contribution >= 0.6 is 45.2 Å². The molecule has 0 atom stereocenters. The Morgan fingerprint density at radius 1 is 1.11 bits per heavy atom. The Morgan fingerprint density at radius 2 is 1.56 bits per heavy atom. The zero-order valence-corrected chi connectivity index (χ0v) is 8.75. The molecule has 1 rings (SSSR count). The fourth-order valence-electron chi connectivity index (χ4n) is 0.489. The molecular formula is C6H4I2O. The van der Waals surface area contributed by atoms with E-state index in [2.05, 4.69) is 45.2 Å². The summed E-state index contributed by atoms with van der Waals surface area (Å²) in [5, 5.41) is 9.19. The number of hydrogen-bond acceptors (Lipinski definition) is 1. The van der Waals surface area contributed by atoms with Gasteiger partial charge in [0.2, 0.25) is 0 Å². The van der Waals surface area contributed by atoms with E-state index in [-0.39, 0.29) is 0 Å². The molecule has 0 unspecified atom stereocenters. The summed E-state index contributed by atoms with van der Waals surface area (Å²) in [4.78, 5) is 0. The highest BCUT2D eigenvalue weighted by Gasteiger charge is 1.98. The zero-order valence-electron chi connectivity index (χ0n) is 4.44. The topological polar surface area (TPSA) is 20.2 Å². The molecule has 0 fully saturated rings. The van der Waals surface area contributed by atoms with Crippen LogP contribution in [0.4, 0.5) is 0 Å². The van der Waals surface area contributed by atoms with Crippen LogP contribution in [0.2, 0.25) is 0 Å². The van der Waals surface area contributed by atoms with E-state index in [1.54, 1.807) is 0 Å². The van der Waals surface area contributed by atoms with E-state index in [0.29, 0.717) is 5.75 Å². The normalized spacial score (nSPS) is 9.56. The van der Waals surface area contributed by atoms with Crippen molar-refractivity contribution in [1.29, 1.82) is 0 Å². The van der Waals surface area contributed by atoms with E-state index in [1.165, 1.54) is 0 Å². The molecule has 0 radical (unpaired) electrons. The molecule has 0 aliphatic heterocycles. The van der Waals surface area contributed by atoms with Crippen LogP contribution in [0.5, 0.6) is 5.75 Å². The molecule has 1 aromatic carbocycles. The lowest BCUT2D eigenvalue weighted by Gasteiger charge is -1.96. The van der Waals surface area contributed by atoms with Crippen LogP contribution < -0.4 is 0 Å². The third-order valence-electron chi connectivity index (χ3n) is 0.938. The van der Waals surface area contributed by atoms with Gasteiger partial charge in [-0.05, 0) is 57.3 Å². The quantitative estimate of drug-likeness (QED) is 0.717. The molecule has 0 saturated heterocycles. The molecule has 0 aliphatic rings. The molecule has 48 valence electrons. The minimum Gasteiger partial charge on any atom is -0.506 e. The molecule has 0 amide bonds. The second-order valence-electron chi connectivity index (χ2n) is 1.57. The van der Waals surface area contributed by atoms with E-state index in [1.807, 2.05) is 18.2 Å². The molecular weight excluding hydrogens is 342 g/mol. The van der Waals surface area contributed by atoms with Crippen LogP contribution in [0.25, 0.3) is 0 Å². The summed E-state index contributed by atoms with van der Waals surface area (Å²) in [6, 6.07) is 5.67. The summed E-state index contributed by atoms with van der Waals surface area (Å²) < 4.78 is 1.80. The van der Waals surface area contributed by atoms with Gasteiger partial charge in [0.1, 0.15) is 5.75 Å². The minimum atomic E-state index is 0.388. The Kier molecular flexibility index (Phi) is 2.57. The first-order valence-corrected chi connectivity index (χ1v) is 4.50. The van der Waals surface area contributed by atoms with Gasteiger partial charge in [0.15, 0.2) is 0 Å². The van der Waals surface area contributed by atoms with Crippen molar-refractivity contribution in [2.24, 2.45) is 0 Å².